The van der Waals surface area contributed by atoms with Crippen molar-refractivity contribution in [1.82, 2.24) is 9.38 Å². The molecule has 0 saturated heterocycles. The fourth-order valence-electron chi connectivity index (χ4n) is 2.97. The lowest BCUT2D eigenvalue weighted by atomic mass is 10.2. The van der Waals surface area contributed by atoms with E-state index < -0.39 is 0 Å². The Labute approximate surface area is 164 Å². The summed E-state index contributed by atoms with van der Waals surface area (Å²) < 4.78 is 12.0. The van der Waals surface area contributed by atoms with Crippen molar-refractivity contribution in [2.75, 3.05) is 19.5 Å². The maximum Gasteiger partial charge on any atom is 0.266 e. The first-order valence-corrected chi connectivity index (χ1v) is 9.28. The van der Waals surface area contributed by atoms with Gasteiger partial charge in [0.15, 0.2) is 0 Å². The molecule has 7 nitrogen and oxygen atoms in total. The number of aromatic nitrogens is 2. The van der Waals surface area contributed by atoms with E-state index in [4.69, 9.17) is 9.47 Å². The van der Waals surface area contributed by atoms with Crippen LogP contribution in [0, 0.1) is 6.92 Å². The average molecular weight is 395 g/mol. The van der Waals surface area contributed by atoms with Crippen molar-refractivity contribution >= 4 is 38.8 Å². The summed E-state index contributed by atoms with van der Waals surface area (Å²) in [5.41, 5.74) is 1.76. The number of thiophene rings is 1. The Morgan fingerprint density at radius 1 is 1.18 bits per heavy atom. The van der Waals surface area contributed by atoms with Crippen LogP contribution < -0.4 is 20.3 Å². The summed E-state index contributed by atoms with van der Waals surface area (Å²) in [4.78, 5) is 31.1. The molecule has 0 aliphatic rings. The van der Waals surface area contributed by atoms with Gasteiger partial charge in [-0.3, -0.25) is 14.0 Å². The molecule has 3 aromatic heterocycles. The van der Waals surface area contributed by atoms with Gasteiger partial charge in [-0.25, -0.2) is 4.98 Å². The molecule has 4 rings (SSSR count). The van der Waals surface area contributed by atoms with Gasteiger partial charge in [0, 0.05) is 12.3 Å². The van der Waals surface area contributed by atoms with Crippen molar-refractivity contribution in [1.29, 1.82) is 0 Å². The number of nitrogens with zero attached hydrogens (tertiary/aromatic N) is 2. The third-order valence-corrected chi connectivity index (χ3v) is 5.44. The minimum absolute atomic E-state index is 0.196. The number of amides is 1. The number of ether oxygens (including phenoxy) is 2. The Morgan fingerprint density at radius 2 is 2.00 bits per heavy atom. The van der Waals surface area contributed by atoms with Crippen LogP contribution in [-0.4, -0.2) is 29.5 Å². The third-order valence-electron chi connectivity index (χ3n) is 4.41. The average Bonchev–Trinajstić information content (AvgIpc) is 3.14. The first-order valence-electron chi connectivity index (χ1n) is 8.46. The summed E-state index contributed by atoms with van der Waals surface area (Å²) in [6.45, 7) is 1.89. The summed E-state index contributed by atoms with van der Waals surface area (Å²) in [6, 6.07) is 10.4. The van der Waals surface area contributed by atoms with Gasteiger partial charge in [-0.05, 0) is 36.8 Å². The molecule has 0 aliphatic heterocycles. The van der Waals surface area contributed by atoms with Crippen molar-refractivity contribution in [2.24, 2.45) is 0 Å². The first kappa shape index (κ1) is 18.0. The van der Waals surface area contributed by atoms with E-state index in [9.17, 15) is 9.59 Å². The predicted molar refractivity (Wildman–Crippen MR) is 109 cm³/mol. The van der Waals surface area contributed by atoms with Crippen LogP contribution in [0.1, 0.15) is 15.2 Å². The number of pyridine rings is 1. The number of benzene rings is 1. The van der Waals surface area contributed by atoms with E-state index in [1.165, 1.54) is 22.8 Å². The van der Waals surface area contributed by atoms with Gasteiger partial charge in [0.05, 0.1) is 30.2 Å². The molecule has 1 aromatic carbocycles. The van der Waals surface area contributed by atoms with Gasteiger partial charge >= 0.3 is 0 Å². The number of aryl methyl sites for hydroxylation is 1. The maximum atomic E-state index is 12.8. The van der Waals surface area contributed by atoms with E-state index >= 15 is 0 Å². The minimum Gasteiger partial charge on any atom is -0.497 e. The van der Waals surface area contributed by atoms with Crippen LogP contribution in [-0.2, 0) is 0 Å². The van der Waals surface area contributed by atoms with Crippen molar-refractivity contribution in [2.45, 2.75) is 6.92 Å². The lowest BCUT2D eigenvalue weighted by Crippen LogP contribution is -2.14. The Hall–Kier alpha value is -3.39. The van der Waals surface area contributed by atoms with Crippen molar-refractivity contribution in [3.8, 4) is 11.5 Å². The fraction of sp³-hybridized carbons (Fsp3) is 0.150. The third kappa shape index (κ3) is 2.97. The van der Waals surface area contributed by atoms with Crippen LogP contribution in [0.15, 0.2) is 47.4 Å². The molecule has 4 aromatic rings. The van der Waals surface area contributed by atoms with Gasteiger partial charge in [0.1, 0.15) is 22.0 Å². The largest absolute Gasteiger partial charge is 0.497 e. The normalized spacial score (nSPS) is 11.0. The molecule has 0 unspecified atom stereocenters. The summed E-state index contributed by atoms with van der Waals surface area (Å²) in [7, 11) is 3.07. The van der Waals surface area contributed by atoms with Crippen LogP contribution in [0.3, 0.4) is 0 Å². The second-order valence-electron chi connectivity index (χ2n) is 6.15. The second kappa shape index (κ2) is 6.97. The predicted octanol–water partition coefficient (Wildman–Crippen LogP) is 3.49. The molecule has 3 heterocycles. The molecule has 0 radical (unpaired) electrons. The highest BCUT2D eigenvalue weighted by atomic mass is 32.1. The molecule has 8 heteroatoms. The van der Waals surface area contributed by atoms with Crippen LogP contribution in [0.5, 0.6) is 11.5 Å². The Balaban J connectivity index is 1.77. The molecule has 142 valence electrons. The zero-order valence-electron chi connectivity index (χ0n) is 15.5. The monoisotopic (exact) mass is 395 g/mol. The summed E-state index contributed by atoms with van der Waals surface area (Å²) in [5, 5.41) is 3.23. The Morgan fingerprint density at radius 3 is 2.75 bits per heavy atom. The highest BCUT2D eigenvalue weighted by Gasteiger charge is 2.17. The Bertz CT molecular complexity index is 1280. The molecule has 0 atom stereocenters. The fourth-order valence-corrected chi connectivity index (χ4v) is 3.88. The first-order chi connectivity index (χ1) is 13.5. The maximum absolute atomic E-state index is 12.8. The molecule has 28 heavy (non-hydrogen) atoms. The highest BCUT2D eigenvalue weighted by Crippen LogP contribution is 2.30. The van der Waals surface area contributed by atoms with Crippen LogP contribution in [0.4, 0.5) is 5.69 Å². The van der Waals surface area contributed by atoms with Crippen LogP contribution in [0.2, 0.25) is 0 Å². The van der Waals surface area contributed by atoms with Crippen molar-refractivity contribution < 1.29 is 14.3 Å². The van der Waals surface area contributed by atoms with Gasteiger partial charge in [0.25, 0.3) is 11.5 Å². The van der Waals surface area contributed by atoms with Gasteiger partial charge < -0.3 is 14.8 Å². The minimum atomic E-state index is -0.347. The molecule has 1 N–H and O–H groups in total. The quantitative estimate of drug-likeness (QED) is 0.572. The van der Waals surface area contributed by atoms with E-state index in [2.05, 4.69) is 10.3 Å². The summed E-state index contributed by atoms with van der Waals surface area (Å²) in [5.74, 6) is 0.753. The zero-order chi connectivity index (χ0) is 19.8. The topological polar surface area (TPSA) is 81.9 Å². The molecule has 0 fully saturated rings. The number of fused-ring (bicyclic) bond motifs is 2. The molecule has 0 aliphatic carbocycles. The molecule has 1 amide bonds. The van der Waals surface area contributed by atoms with Crippen LogP contribution >= 0.6 is 11.3 Å². The number of rotatable bonds is 4. The van der Waals surface area contributed by atoms with Gasteiger partial charge in [-0.15, -0.1) is 11.3 Å². The number of nitrogens with one attached hydrogen (secondary N) is 1. The van der Waals surface area contributed by atoms with Gasteiger partial charge in [0.2, 0.25) is 0 Å². The number of hydrogen-bond acceptors (Lipinski definition) is 6. The summed E-state index contributed by atoms with van der Waals surface area (Å²) in [6.07, 6.45) is 1.68. The molecular weight excluding hydrogens is 378 g/mol. The molecule has 0 bridgehead atoms. The van der Waals surface area contributed by atoms with Gasteiger partial charge in [-0.2, -0.15) is 0 Å². The van der Waals surface area contributed by atoms with E-state index in [-0.39, 0.29) is 11.5 Å². The lowest BCUT2D eigenvalue weighted by Gasteiger charge is -2.11. The van der Waals surface area contributed by atoms with E-state index in [1.54, 1.807) is 43.6 Å². The highest BCUT2D eigenvalue weighted by molar-refractivity contribution is 7.20. The van der Waals surface area contributed by atoms with Crippen molar-refractivity contribution in [3.63, 3.8) is 0 Å². The SMILES string of the molecule is COc1ccc(OC)c(NC(=O)c2cc3c(=O)n4cccc(C)c4nc3s2)c1. The number of anilines is 1. The Kier molecular flexibility index (Phi) is 4.48. The molecule has 0 spiro atoms. The standard InChI is InChI=1S/C20H17N3O4S/c1-11-5-4-8-23-17(11)22-19-13(20(23)25)10-16(28-19)18(24)21-14-9-12(26-2)6-7-15(14)27-3/h4-10H,1-3H3,(H,21,24). The number of carbonyl (C=O) groups is 1. The summed E-state index contributed by atoms with van der Waals surface area (Å²) >= 11 is 1.18. The molecule has 0 saturated carbocycles. The molecular formula is C20H17N3O4S. The smallest absolute Gasteiger partial charge is 0.266 e. The number of methoxy groups -OCH3 is 2. The van der Waals surface area contributed by atoms with Crippen molar-refractivity contribution in [3.05, 3.63) is 63.4 Å². The second-order valence-corrected chi connectivity index (χ2v) is 7.18. The van der Waals surface area contributed by atoms with Crippen LogP contribution in [0.25, 0.3) is 15.9 Å². The number of carbonyl (C=O) groups excluding carboxylic acids is 1. The van der Waals surface area contributed by atoms with E-state index in [0.29, 0.717) is 37.9 Å². The lowest BCUT2D eigenvalue weighted by molar-refractivity contribution is 0.103. The van der Waals surface area contributed by atoms with E-state index in [0.717, 1.165) is 5.56 Å². The van der Waals surface area contributed by atoms with E-state index in [1.807, 2.05) is 13.0 Å². The zero-order valence-corrected chi connectivity index (χ0v) is 16.3. The number of hydrogen-bond donors (Lipinski definition) is 1. The van der Waals surface area contributed by atoms with Gasteiger partial charge in [-0.1, -0.05) is 6.07 Å².